The van der Waals surface area contributed by atoms with Crippen LogP contribution in [0.3, 0.4) is 0 Å². The Morgan fingerprint density at radius 2 is 2.15 bits per heavy atom. The lowest BCUT2D eigenvalue weighted by Crippen LogP contribution is -1.90. The summed E-state index contributed by atoms with van der Waals surface area (Å²) < 4.78 is 24.5. The van der Waals surface area contributed by atoms with Gasteiger partial charge in [-0.1, -0.05) is 0 Å². The molecular formula is C9H11F2NS. The van der Waals surface area contributed by atoms with Crippen molar-refractivity contribution in [1.29, 1.82) is 0 Å². The van der Waals surface area contributed by atoms with Gasteiger partial charge in [-0.15, -0.1) is 11.8 Å². The summed E-state index contributed by atoms with van der Waals surface area (Å²) in [4.78, 5) is 0.688. The SMILES string of the molecule is Nc1ccc(F)cc1SCCCF. The van der Waals surface area contributed by atoms with Crippen LogP contribution in [-0.4, -0.2) is 12.4 Å². The fourth-order valence-electron chi connectivity index (χ4n) is 0.870. The molecule has 0 saturated carbocycles. The quantitative estimate of drug-likeness (QED) is 0.462. The fraction of sp³-hybridized carbons (Fsp3) is 0.333. The minimum Gasteiger partial charge on any atom is -0.398 e. The van der Waals surface area contributed by atoms with Crippen LogP contribution in [-0.2, 0) is 0 Å². The summed E-state index contributed by atoms with van der Waals surface area (Å²) in [7, 11) is 0. The highest BCUT2D eigenvalue weighted by molar-refractivity contribution is 7.99. The van der Waals surface area contributed by atoms with Crippen molar-refractivity contribution in [3.63, 3.8) is 0 Å². The van der Waals surface area contributed by atoms with Crippen molar-refractivity contribution in [1.82, 2.24) is 0 Å². The van der Waals surface area contributed by atoms with Crippen molar-refractivity contribution in [2.75, 3.05) is 18.2 Å². The minimum absolute atomic E-state index is 0.308. The van der Waals surface area contributed by atoms with Gasteiger partial charge in [-0.2, -0.15) is 0 Å². The molecule has 0 saturated heterocycles. The summed E-state index contributed by atoms with van der Waals surface area (Å²) in [6.45, 7) is -0.345. The van der Waals surface area contributed by atoms with E-state index in [-0.39, 0.29) is 12.5 Å². The lowest BCUT2D eigenvalue weighted by atomic mass is 10.3. The number of alkyl halides is 1. The highest BCUT2D eigenvalue weighted by Crippen LogP contribution is 2.26. The first-order valence-corrected chi connectivity index (χ1v) is 4.96. The normalized spacial score (nSPS) is 10.3. The van der Waals surface area contributed by atoms with Gasteiger partial charge in [0.15, 0.2) is 0 Å². The maximum absolute atomic E-state index is 12.7. The topological polar surface area (TPSA) is 26.0 Å². The van der Waals surface area contributed by atoms with Gasteiger partial charge in [-0.05, 0) is 24.6 Å². The molecule has 0 fully saturated rings. The van der Waals surface area contributed by atoms with Crippen molar-refractivity contribution < 1.29 is 8.78 Å². The van der Waals surface area contributed by atoms with Gasteiger partial charge >= 0.3 is 0 Å². The number of thioether (sulfide) groups is 1. The van der Waals surface area contributed by atoms with Crippen LogP contribution < -0.4 is 5.73 Å². The summed E-state index contributed by atoms with van der Waals surface area (Å²) in [6, 6.07) is 4.21. The molecule has 1 aromatic rings. The van der Waals surface area contributed by atoms with Crippen molar-refractivity contribution >= 4 is 17.4 Å². The van der Waals surface area contributed by atoms with E-state index in [0.717, 1.165) is 0 Å². The second kappa shape index (κ2) is 5.07. The standard InChI is InChI=1S/C9H11F2NS/c10-4-1-5-13-9-6-7(11)2-3-8(9)12/h2-3,6H,1,4-5,12H2. The molecule has 0 radical (unpaired) electrons. The molecule has 1 nitrogen and oxygen atoms in total. The van der Waals surface area contributed by atoms with Gasteiger partial charge < -0.3 is 5.73 Å². The summed E-state index contributed by atoms with van der Waals surface area (Å²) >= 11 is 1.38. The Morgan fingerprint density at radius 3 is 2.85 bits per heavy atom. The Hall–Kier alpha value is -0.770. The third-order valence-electron chi connectivity index (χ3n) is 1.51. The molecule has 13 heavy (non-hydrogen) atoms. The van der Waals surface area contributed by atoms with Gasteiger partial charge in [0.1, 0.15) is 5.82 Å². The molecule has 1 aromatic carbocycles. The van der Waals surface area contributed by atoms with Crippen molar-refractivity contribution in [3.8, 4) is 0 Å². The average molecular weight is 203 g/mol. The van der Waals surface area contributed by atoms with E-state index in [1.807, 2.05) is 0 Å². The van der Waals surface area contributed by atoms with Crippen LogP contribution in [0.15, 0.2) is 23.1 Å². The Balaban J connectivity index is 2.59. The van der Waals surface area contributed by atoms with Crippen molar-refractivity contribution in [2.24, 2.45) is 0 Å². The van der Waals surface area contributed by atoms with E-state index in [1.165, 1.54) is 30.0 Å². The van der Waals surface area contributed by atoms with Crippen LogP contribution in [0.1, 0.15) is 6.42 Å². The molecule has 0 atom stereocenters. The molecule has 0 aromatic heterocycles. The number of benzene rings is 1. The van der Waals surface area contributed by atoms with E-state index < -0.39 is 0 Å². The van der Waals surface area contributed by atoms with Crippen molar-refractivity contribution in [2.45, 2.75) is 11.3 Å². The van der Waals surface area contributed by atoms with Crippen molar-refractivity contribution in [3.05, 3.63) is 24.0 Å². The van der Waals surface area contributed by atoms with E-state index in [0.29, 0.717) is 22.8 Å². The summed E-state index contributed by atoms with van der Waals surface area (Å²) in [5.41, 5.74) is 6.14. The van der Waals surface area contributed by atoms with E-state index in [4.69, 9.17) is 5.73 Å². The van der Waals surface area contributed by atoms with Crippen LogP contribution in [0.5, 0.6) is 0 Å². The summed E-state index contributed by atoms with van der Waals surface area (Å²) in [6.07, 6.45) is 0.473. The third-order valence-corrected chi connectivity index (χ3v) is 2.67. The first kappa shape index (κ1) is 10.3. The third kappa shape index (κ3) is 3.22. The van der Waals surface area contributed by atoms with Gasteiger partial charge in [0.2, 0.25) is 0 Å². The van der Waals surface area contributed by atoms with Gasteiger partial charge in [-0.3, -0.25) is 4.39 Å². The number of rotatable bonds is 4. The zero-order valence-corrected chi connectivity index (χ0v) is 7.91. The molecule has 2 N–H and O–H groups in total. The lowest BCUT2D eigenvalue weighted by molar-refractivity contribution is 0.489. The van der Waals surface area contributed by atoms with Crippen LogP contribution in [0.2, 0.25) is 0 Å². The largest absolute Gasteiger partial charge is 0.398 e. The molecule has 0 aliphatic rings. The highest BCUT2D eigenvalue weighted by Gasteiger charge is 2.01. The fourth-order valence-corrected chi connectivity index (χ4v) is 1.77. The Morgan fingerprint density at radius 1 is 1.38 bits per heavy atom. The monoisotopic (exact) mass is 203 g/mol. The lowest BCUT2D eigenvalue weighted by Gasteiger charge is -2.03. The maximum Gasteiger partial charge on any atom is 0.124 e. The second-order valence-corrected chi connectivity index (χ2v) is 3.71. The van der Waals surface area contributed by atoms with E-state index >= 15 is 0 Å². The van der Waals surface area contributed by atoms with E-state index in [1.54, 1.807) is 0 Å². The Bertz CT molecular complexity index is 278. The summed E-state index contributed by atoms with van der Waals surface area (Å²) in [5.74, 6) is 0.321. The molecule has 0 aliphatic heterocycles. The first-order chi connectivity index (χ1) is 6.24. The van der Waals surface area contributed by atoms with E-state index in [9.17, 15) is 8.78 Å². The number of hydrogen-bond acceptors (Lipinski definition) is 2. The van der Waals surface area contributed by atoms with Gasteiger partial charge in [0.05, 0.1) is 6.67 Å². The first-order valence-electron chi connectivity index (χ1n) is 3.98. The average Bonchev–Trinajstić information content (AvgIpc) is 2.11. The predicted molar refractivity (Wildman–Crippen MR) is 52.1 cm³/mol. The molecule has 0 aliphatic carbocycles. The second-order valence-electron chi connectivity index (χ2n) is 2.57. The number of anilines is 1. The van der Waals surface area contributed by atoms with Crippen LogP contribution in [0, 0.1) is 5.82 Å². The maximum atomic E-state index is 12.7. The molecule has 0 unspecified atom stereocenters. The molecule has 0 bridgehead atoms. The number of halogens is 2. The molecule has 1 rings (SSSR count). The Labute approximate surface area is 80.3 Å². The molecule has 4 heteroatoms. The predicted octanol–water partition coefficient (Wildman–Crippen LogP) is 2.86. The van der Waals surface area contributed by atoms with E-state index in [2.05, 4.69) is 0 Å². The molecule has 72 valence electrons. The number of nitrogen functional groups attached to an aromatic ring is 1. The molecule has 0 amide bonds. The van der Waals surface area contributed by atoms with Crippen LogP contribution >= 0.6 is 11.8 Å². The molecule has 0 heterocycles. The smallest absolute Gasteiger partial charge is 0.124 e. The molecule has 0 spiro atoms. The minimum atomic E-state index is -0.345. The highest BCUT2D eigenvalue weighted by atomic mass is 32.2. The van der Waals surface area contributed by atoms with Gasteiger partial charge in [-0.25, -0.2) is 4.39 Å². The summed E-state index contributed by atoms with van der Waals surface area (Å²) in [5, 5.41) is 0. The number of nitrogens with two attached hydrogens (primary N) is 1. The zero-order chi connectivity index (χ0) is 9.68. The Kier molecular flexibility index (Phi) is 4.02. The molecular weight excluding hydrogens is 192 g/mol. The number of hydrogen-bond donors (Lipinski definition) is 1. The van der Waals surface area contributed by atoms with Crippen LogP contribution in [0.25, 0.3) is 0 Å². The zero-order valence-electron chi connectivity index (χ0n) is 7.09. The van der Waals surface area contributed by atoms with Gasteiger partial charge in [0.25, 0.3) is 0 Å². The van der Waals surface area contributed by atoms with Crippen LogP contribution in [0.4, 0.5) is 14.5 Å². The van der Waals surface area contributed by atoms with Gasteiger partial charge in [0, 0.05) is 16.3 Å².